The molecule has 122 valence electrons. The van der Waals surface area contributed by atoms with E-state index >= 15 is 0 Å². The molecule has 1 saturated heterocycles. The molecule has 1 aliphatic rings. The predicted molar refractivity (Wildman–Crippen MR) is 88.1 cm³/mol. The first-order valence-electron chi connectivity index (χ1n) is 7.42. The Labute approximate surface area is 140 Å². The first-order valence-corrected chi connectivity index (χ1v) is 7.80. The Bertz CT molecular complexity index is 648. The molecule has 0 bridgehead atoms. The van der Waals surface area contributed by atoms with Crippen molar-refractivity contribution in [3.63, 3.8) is 0 Å². The average molecular weight is 335 g/mol. The summed E-state index contributed by atoms with van der Waals surface area (Å²) in [7, 11) is 0. The van der Waals surface area contributed by atoms with Gasteiger partial charge in [-0.3, -0.25) is 14.5 Å². The largest absolute Gasteiger partial charge is 0.340 e. The lowest BCUT2D eigenvalue weighted by atomic mass is 10.2. The first kappa shape index (κ1) is 17.3. The Kier molecular flexibility index (Phi) is 5.59. The third-order valence-corrected chi connectivity index (χ3v) is 4.36. The summed E-state index contributed by atoms with van der Waals surface area (Å²) in [5, 5.41) is 12.0. The lowest BCUT2D eigenvalue weighted by molar-refractivity contribution is -0.131. The van der Waals surface area contributed by atoms with Gasteiger partial charge < -0.3 is 10.2 Å². The van der Waals surface area contributed by atoms with Crippen LogP contribution in [0.1, 0.15) is 19.4 Å². The van der Waals surface area contributed by atoms with Gasteiger partial charge in [0, 0.05) is 38.8 Å². The summed E-state index contributed by atoms with van der Waals surface area (Å²) < 4.78 is 0. The number of nitrogens with zero attached hydrogens (tertiary/aromatic N) is 3. The van der Waals surface area contributed by atoms with Crippen molar-refractivity contribution >= 4 is 29.1 Å². The molecule has 1 fully saturated rings. The van der Waals surface area contributed by atoms with Crippen LogP contribution in [0.15, 0.2) is 18.2 Å². The Morgan fingerprint density at radius 2 is 1.96 bits per heavy atom. The summed E-state index contributed by atoms with van der Waals surface area (Å²) in [5.41, 5.74) is 0.936. The van der Waals surface area contributed by atoms with Crippen LogP contribution < -0.4 is 5.32 Å². The zero-order valence-corrected chi connectivity index (χ0v) is 13.9. The number of benzene rings is 1. The van der Waals surface area contributed by atoms with Crippen LogP contribution >= 0.6 is 11.6 Å². The van der Waals surface area contributed by atoms with E-state index in [4.69, 9.17) is 16.9 Å². The van der Waals surface area contributed by atoms with Crippen molar-refractivity contribution in [1.29, 1.82) is 5.26 Å². The highest BCUT2D eigenvalue weighted by Crippen LogP contribution is 2.20. The second-order valence-corrected chi connectivity index (χ2v) is 5.92. The van der Waals surface area contributed by atoms with Crippen LogP contribution in [0, 0.1) is 11.3 Å². The van der Waals surface area contributed by atoms with E-state index in [0.717, 1.165) is 0 Å². The number of rotatable bonds is 3. The highest BCUT2D eigenvalue weighted by atomic mass is 35.5. The molecule has 2 amide bonds. The van der Waals surface area contributed by atoms with Crippen molar-refractivity contribution < 1.29 is 9.59 Å². The summed E-state index contributed by atoms with van der Waals surface area (Å²) in [6.07, 6.45) is 0. The van der Waals surface area contributed by atoms with Crippen LogP contribution in [0.3, 0.4) is 0 Å². The van der Waals surface area contributed by atoms with Crippen LogP contribution in [0.5, 0.6) is 0 Å². The number of hydrogen-bond acceptors (Lipinski definition) is 4. The average Bonchev–Trinajstić information content (AvgIpc) is 2.54. The highest BCUT2D eigenvalue weighted by Gasteiger charge is 2.26. The number of anilines is 1. The molecule has 0 aliphatic carbocycles. The Morgan fingerprint density at radius 3 is 2.48 bits per heavy atom. The molecule has 1 unspecified atom stereocenters. The van der Waals surface area contributed by atoms with Gasteiger partial charge in [0.15, 0.2) is 0 Å². The van der Waals surface area contributed by atoms with Crippen LogP contribution in [0.2, 0.25) is 5.02 Å². The molecule has 1 atom stereocenters. The van der Waals surface area contributed by atoms with Crippen molar-refractivity contribution in [3.05, 3.63) is 28.8 Å². The minimum atomic E-state index is -0.307. The zero-order chi connectivity index (χ0) is 17.0. The van der Waals surface area contributed by atoms with Crippen LogP contribution in [-0.4, -0.2) is 53.8 Å². The van der Waals surface area contributed by atoms with Crippen molar-refractivity contribution in [2.24, 2.45) is 0 Å². The fraction of sp³-hybridized carbons (Fsp3) is 0.438. The third-order valence-electron chi connectivity index (χ3n) is 4.04. The highest BCUT2D eigenvalue weighted by molar-refractivity contribution is 6.32. The number of nitrogens with one attached hydrogen (secondary N) is 1. The van der Waals surface area contributed by atoms with Crippen molar-refractivity contribution in [1.82, 2.24) is 9.80 Å². The molecule has 0 spiro atoms. The number of nitriles is 1. The van der Waals surface area contributed by atoms with Crippen molar-refractivity contribution in [2.75, 3.05) is 31.5 Å². The Morgan fingerprint density at radius 1 is 1.30 bits per heavy atom. The maximum Gasteiger partial charge on any atom is 0.241 e. The number of piperazine rings is 1. The topological polar surface area (TPSA) is 76.4 Å². The summed E-state index contributed by atoms with van der Waals surface area (Å²) in [4.78, 5) is 27.5. The summed E-state index contributed by atoms with van der Waals surface area (Å²) in [6.45, 7) is 6.00. The molecule has 1 aromatic carbocycles. The third kappa shape index (κ3) is 4.21. The van der Waals surface area contributed by atoms with Crippen LogP contribution in [0.25, 0.3) is 0 Å². The van der Waals surface area contributed by atoms with E-state index in [9.17, 15) is 9.59 Å². The number of halogens is 1. The number of carbonyl (C=O) groups is 2. The van der Waals surface area contributed by atoms with Crippen LogP contribution in [0.4, 0.5) is 5.69 Å². The number of carbonyl (C=O) groups excluding carboxylic acids is 2. The monoisotopic (exact) mass is 334 g/mol. The minimum absolute atomic E-state index is 0.0639. The van der Waals surface area contributed by atoms with E-state index < -0.39 is 0 Å². The van der Waals surface area contributed by atoms with Gasteiger partial charge in [-0.25, -0.2) is 0 Å². The lowest BCUT2D eigenvalue weighted by Gasteiger charge is -2.37. The standard InChI is InChI=1S/C16H19ClN4O2/c1-11(20-5-7-21(8-6-20)12(2)22)16(23)19-14-4-3-13(10-18)15(17)9-14/h3-4,9,11H,5-8H2,1-2H3,(H,19,23). The molecule has 0 radical (unpaired) electrons. The second kappa shape index (κ2) is 7.44. The van der Waals surface area contributed by atoms with Gasteiger partial charge in [-0.05, 0) is 25.1 Å². The maximum atomic E-state index is 12.4. The Balaban J connectivity index is 1.94. The number of amides is 2. The zero-order valence-electron chi connectivity index (χ0n) is 13.2. The molecule has 1 aromatic rings. The summed E-state index contributed by atoms with van der Waals surface area (Å²) in [6, 6.07) is 6.47. The fourth-order valence-corrected chi connectivity index (χ4v) is 2.74. The van der Waals surface area contributed by atoms with E-state index in [1.165, 1.54) is 0 Å². The Hall–Kier alpha value is -2.10. The van der Waals surface area contributed by atoms with E-state index in [2.05, 4.69) is 5.32 Å². The van der Waals surface area contributed by atoms with E-state index in [-0.39, 0.29) is 17.9 Å². The molecule has 1 N–H and O–H groups in total. The van der Waals surface area contributed by atoms with Crippen molar-refractivity contribution in [3.8, 4) is 6.07 Å². The fourth-order valence-electron chi connectivity index (χ4n) is 2.52. The van der Waals surface area contributed by atoms with Gasteiger partial charge in [-0.2, -0.15) is 5.26 Å². The molecule has 0 aromatic heterocycles. The van der Waals surface area contributed by atoms with Gasteiger partial charge in [0.25, 0.3) is 0 Å². The van der Waals surface area contributed by atoms with E-state index in [1.54, 1.807) is 30.0 Å². The molecular formula is C16H19ClN4O2. The number of hydrogen-bond donors (Lipinski definition) is 1. The quantitative estimate of drug-likeness (QED) is 0.912. The van der Waals surface area contributed by atoms with Gasteiger partial charge in [-0.1, -0.05) is 11.6 Å². The van der Waals surface area contributed by atoms with Gasteiger partial charge in [0.05, 0.1) is 16.6 Å². The van der Waals surface area contributed by atoms with E-state index in [1.807, 2.05) is 17.9 Å². The SMILES string of the molecule is CC(=O)N1CCN(C(C)C(=O)Nc2ccc(C#N)c(Cl)c2)CC1. The second-order valence-electron chi connectivity index (χ2n) is 5.51. The van der Waals surface area contributed by atoms with Gasteiger partial charge in [0.1, 0.15) is 6.07 Å². The molecule has 2 rings (SSSR count). The molecule has 1 aliphatic heterocycles. The lowest BCUT2D eigenvalue weighted by Crippen LogP contribution is -2.53. The van der Waals surface area contributed by atoms with Crippen LogP contribution in [-0.2, 0) is 9.59 Å². The summed E-state index contributed by atoms with van der Waals surface area (Å²) >= 11 is 5.97. The molecule has 6 nitrogen and oxygen atoms in total. The maximum absolute atomic E-state index is 12.4. The van der Waals surface area contributed by atoms with Gasteiger partial charge in [0.2, 0.25) is 11.8 Å². The normalized spacial score (nSPS) is 16.5. The van der Waals surface area contributed by atoms with E-state index in [0.29, 0.717) is 42.5 Å². The smallest absolute Gasteiger partial charge is 0.241 e. The molecule has 0 saturated carbocycles. The molecule has 7 heteroatoms. The molecular weight excluding hydrogens is 316 g/mol. The predicted octanol–water partition coefficient (Wildman–Crippen LogP) is 1.70. The summed E-state index contributed by atoms with van der Waals surface area (Å²) in [5.74, 6) is -0.0731. The van der Waals surface area contributed by atoms with Gasteiger partial charge >= 0.3 is 0 Å². The molecule has 1 heterocycles. The molecule has 23 heavy (non-hydrogen) atoms. The van der Waals surface area contributed by atoms with Crippen molar-refractivity contribution in [2.45, 2.75) is 19.9 Å². The van der Waals surface area contributed by atoms with Gasteiger partial charge in [-0.15, -0.1) is 0 Å². The first-order chi connectivity index (χ1) is 10.9. The minimum Gasteiger partial charge on any atom is -0.340 e.